The van der Waals surface area contributed by atoms with E-state index in [1.807, 2.05) is 6.92 Å². The van der Waals surface area contributed by atoms with Gasteiger partial charge in [-0.15, -0.1) is 0 Å². The first-order valence-corrected chi connectivity index (χ1v) is 5.66. The van der Waals surface area contributed by atoms with Crippen LogP contribution in [0.4, 0.5) is 0 Å². The average Bonchev–Trinajstić information content (AvgIpc) is 2.18. The molecule has 1 atom stereocenters. The summed E-state index contributed by atoms with van der Waals surface area (Å²) in [6, 6.07) is 0.127. The quantitative estimate of drug-likeness (QED) is 0.492. The molecule has 3 heteroatoms. The molecular weight excluding hydrogens is 178 g/mol. The lowest BCUT2D eigenvalue weighted by Crippen LogP contribution is -2.64. The number of likely N-dealkylation sites (N-methyl/N-ethyl adjacent to an activating group) is 1. The van der Waals surface area contributed by atoms with Gasteiger partial charge in [-0.3, -0.25) is 0 Å². The third-order valence-corrected chi connectivity index (χ3v) is 3.96. The maximum absolute atomic E-state index is 11.8. The Balaban J connectivity index is 2.08. The average molecular weight is 198 g/mol. The highest BCUT2D eigenvalue weighted by atomic mass is 16.5. The van der Waals surface area contributed by atoms with Gasteiger partial charge in [-0.2, -0.15) is 0 Å². The van der Waals surface area contributed by atoms with Crippen molar-refractivity contribution in [2.24, 2.45) is 5.92 Å². The van der Waals surface area contributed by atoms with Crippen LogP contribution < -0.4 is 0 Å². The fraction of sp³-hybridized carbons (Fsp3) is 0.909. The first kappa shape index (κ1) is 9.97. The van der Waals surface area contributed by atoms with Crippen molar-refractivity contribution in [3.8, 4) is 0 Å². The second-order valence-corrected chi connectivity index (χ2v) is 4.87. The molecule has 3 nitrogen and oxygen atoms in total. The van der Waals surface area contributed by atoms with Crippen molar-refractivity contribution in [2.45, 2.75) is 32.2 Å². The van der Waals surface area contributed by atoms with Gasteiger partial charge in [0.05, 0.1) is 26.7 Å². The molecule has 3 rings (SSSR count). The summed E-state index contributed by atoms with van der Waals surface area (Å²) < 4.78 is 6.07. The fourth-order valence-electron chi connectivity index (χ4n) is 2.92. The zero-order chi connectivity index (χ0) is 10.2. The summed E-state index contributed by atoms with van der Waals surface area (Å²) in [5.74, 6) is 0.809. The van der Waals surface area contributed by atoms with Crippen LogP contribution in [0.3, 0.4) is 0 Å². The lowest BCUT2D eigenvalue weighted by atomic mass is 9.81. The molecule has 0 aromatic carbocycles. The first-order valence-electron chi connectivity index (χ1n) is 5.66. The van der Waals surface area contributed by atoms with E-state index in [9.17, 15) is 4.79 Å². The maximum atomic E-state index is 11.8. The Hall–Kier alpha value is -0.570. The number of rotatable bonds is 2. The van der Waals surface area contributed by atoms with Crippen LogP contribution in [0.15, 0.2) is 0 Å². The molecule has 0 aromatic rings. The smallest absolute Gasteiger partial charge is 0.364 e. The van der Waals surface area contributed by atoms with Crippen molar-refractivity contribution >= 4 is 5.97 Å². The van der Waals surface area contributed by atoms with Gasteiger partial charge in [-0.25, -0.2) is 4.79 Å². The van der Waals surface area contributed by atoms with Gasteiger partial charge in [-0.05, 0) is 25.7 Å². The summed E-state index contributed by atoms with van der Waals surface area (Å²) >= 11 is 0. The molecule has 2 bridgehead atoms. The highest BCUT2D eigenvalue weighted by Gasteiger charge is 2.48. The molecule has 3 heterocycles. The molecule has 0 spiro atoms. The monoisotopic (exact) mass is 198 g/mol. The molecular formula is C11H20NO2+. The third-order valence-electron chi connectivity index (χ3n) is 3.96. The molecule has 80 valence electrons. The molecule has 3 fully saturated rings. The Morgan fingerprint density at radius 2 is 2.07 bits per heavy atom. The minimum atomic E-state index is 0.0272. The number of piperidine rings is 3. The van der Waals surface area contributed by atoms with Crippen LogP contribution in [0.25, 0.3) is 0 Å². The predicted octanol–water partition coefficient (Wildman–Crippen LogP) is 1.18. The maximum Gasteiger partial charge on any atom is 0.364 e. The minimum Gasteiger partial charge on any atom is -0.462 e. The standard InChI is InChI=1S/C11H20NO2/c1-3-14-11(13)10-8-9-4-6-12(10,2)7-5-9/h9-10H,3-8H2,1-2H3/q+1/t9?,10-,12?/m1/s1. The van der Waals surface area contributed by atoms with Crippen molar-refractivity contribution in [1.82, 2.24) is 0 Å². The first-order chi connectivity index (χ1) is 6.65. The van der Waals surface area contributed by atoms with Crippen LogP contribution in [0.1, 0.15) is 26.2 Å². The largest absolute Gasteiger partial charge is 0.462 e. The Morgan fingerprint density at radius 3 is 2.57 bits per heavy atom. The Kier molecular flexibility index (Phi) is 2.52. The second-order valence-electron chi connectivity index (χ2n) is 4.87. The molecule has 3 aliphatic heterocycles. The molecule has 3 aliphatic rings. The van der Waals surface area contributed by atoms with Crippen molar-refractivity contribution < 1.29 is 14.0 Å². The van der Waals surface area contributed by atoms with Gasteiger partial charge in [-0.1, -0.05) is 0 Å². The molecule has 0 aliphatic carbocycles. The number of hydrogen-bond donors (Lipinski definition) is 0. The van der Waals surface area contributed by atoms with Gasteiger partial charge in [0.1, 0.15) is 0 Å². The number of quaternary nitrogens is 1. The summed E-state index contributed by atoms with van der Waals surface area (Å²) in [5, 5.41) is 0. The minimum absolute atomic E-state index is 0.0272. The van der Waals surface area contributed by atoms with Crippen LogP contribution in [0.5, 0.6) is 0 Å². The summed E-state index contributed by atoms with van der Waals surface area (Å²) in [6.45, 7) is 4.72. The molecule has 3 saturated heterocycles. The third kappa shape index (κ3) is 1.54. The normalized spacial score (nSPS) is 41.0. The highest BCUT2D eigenvalue weighted by Crippen LogP contribution is 2.37. The molecule has 0 saturated carbocycles. The Labute approximate surface area is 85.6 Å². The van der Waals surface area contributed by atoms with Crippen molar-refractivity contribution in [1.29, 1.82) is 0 Å². The molecule has 0 amide bonds. The van der Waals surface area contributed by atoms with E-state index in [0.29, 0.717) is 6.61 Å². The van der Waals surface area contributed by atoms with Gasteiger partial charge in [0, 0.05) is 6.42 Å². The summed E-state index contributed by atoms with van der Waals surface area (Å²) in [4.78, 5) is 11.8. The van der Waals surface area contributed by atoms with Gasteiger partial charge in [0.25, 0.3) is 0 Å². The summed E-state index contributed by atoms with van der Waals surface area (Å²) in [6.07, 6.45) is 3.65. The van der Waals surface area contributed by atoms with E-state index in [1.165, 1.54) is 12.8 Å². The molecule has 0 radical (unpaired) electrons. The second kappa shape index (κ2) is 3.54. The zero-order valence-corrected chi connectivity index (χ0v) is 9.16. The highest BCUT2D eigenvalue weighted by molar-refractivity contribution is 5.74. The van der Waals surface area contributed by atoms with E-state index in [0.717, 1.165) is 29.9 Å². The number of nitrogens with zero attached hydrogens (tertiary/aromatic N) is 1. The van der Waals surface area contributed by atoms with Crippen LogP contribution in [0.2, 0.25) is 0 Å². The van der Waals surface area contributed by atoms with E-state index in [4.69, 9.17) is 4.74 Å². The van der Waals surface area contributed by atoms with E-state index < -0.39 is 0 Å². The lowest BCUT2D eigenvalue weighted by molar-refractivity contribution is -0.940. The summed E-state index contributed by atoms with van der Waals surface area (Å²) in [7, 11) is 2.21. The van der Waals surface area contributed by atoms with E-state index in [2.05, 4.69) is 7.05 Å². The van der Waals surface area contributed by atoms with Gasteiger partial charge in [0.2, 0.25) is 0 Å². The van der Waals surface area contributed by atoms with Gasteiger partial charge in [0.15, 0.2) is 6.04 Å². The van der Waals surface area contributed by atoms with Gasteiger partial charge < -0.3 is 9.22 Å². The molecule has 14 heavy (non-hydrogen) atoms. The van der Waals surface area contributed by atoms with Crippen molar-refractivity contribution in [2.75, 3.05) is 26.7 Å². The van der Waals surface area contributed by atoms with E-state index >= 15 is 0 Å². The molecule has 0 unspecified atom stereocenters. The molecule has 0 aromatic heterocycles. The van der Waals surface area contributed by atoms with Gasteiger partial charge >= 0.3 is 5.97 Å². The number of esters is 1. The Bertz CT molecular complexity index is 231. The number of fused-ring (bicyclic) bond motifs is 3. The SMILES string of the molecule is CCOC(=O)[C@H]1CC2CC[N+]1(C)CC2. The zero-order valence-electron chi connectivity index (χ0n) is 9.16. The van der Waals surface area contributed by atoms with Crippen LogP contribution >= 0.6 is 0 Å². The fourth-order valence-corrected chi connectivity index (χ4v) is 2.92. The van der Waals surface area contributed by atoms with Crippen LogP contribution in [0, 0.1) is 5.92 Å². The summed E-state index contributed by atoms with van der Waals surface area (Å²) in [5.41, 5.74) is 0. The van der Waals surface area contributed by atoms with E-state index in [1.54, 1.807) is 0 Å². The van der Waals surface area contributed by atoms with Crippen LogP contribution in [-0.4, -0.2) is 43.2 Å². The number of ether oxygens (including phenoxy) is 1. The number of carbonyl (C=O) groups excluding carboxylic acids is 1. The topological polar surface area (TPSA) is 26.3 Å². The number of carbonyl (C=O) groups is 1. The number of hydrogen-bond acceptors (Lipinski definition) is 2. The van der Waals surface area contributed by atoms with Crippen molar-refractivity contribution in [3.05, 3.63) is 0 Å². The lowest BCUT2D eigenvalue weighted by Gasteiger charge is -2.50. The van der Waals surface area contributed by atoms with E-state index in [-0.39, 0.29) is 12.0 Å². The Morgan fingerprint density at radius 1 is 1.43 bits per heavy atom. The molecule has 0 N–H and O–H groups in total. The van der Waals surface area contributed by atoms with Crippen LogP contribution in [-0.2, 0) is 9.53 Å². The predicted molar refractivity (Wildman–Crippen MR) is 53.7 cm³/mol. The van der Waals surface area contributed by atoms with Crippen molar-refractivity contribution in [3.63, 3.8) is 0 Å².